The lowest BCUT2D eigenvalue weighted by Crippen LogP contribution is -2.48. The van der Waals surface area contributed by atoms with Crippen molar-refractivity contribution >= 4 is 22.8 Å². The highest BCUT2D eigenvalue weighted by molar-refractivity contribution is 5.98. The summed E-state index contributed by atoms with van der Waals surface area (Å²) in [6.07, 6.45) is 5.91. The Morgan fingerprint density at radius 1 is 1.02 bits per heavy atom. The van der Waals surface area contributed by atoms with Crippen LogP contribution in [0, 0.1) is 5.92 Å². The van der Waals surface area contributed by atoms with Crippen molar-refractivity contribution in [2.75, 3.05) is 19.8 Å². The number of hydrogen-bond donors (Lipinski definition) is 2. The van der Waals surface area contributed by atoms with E-state index in [1.54, 1.807) is 0 Å². The first-order valence-electron chi connectivity index (χ1n) is 14.1. The van der Waals surface area contributed by atoms with Crippen LogP contribution in [0.2, 0.25) is 0 Å². The Morgan fingerprint density at radius 3 is 2.35 bits per heavy atom. The maximum absolute atomic E-state index is 13.0. The molecular formula is C31H39N7O2. The molecule has 0 saturated heterocycles. The minimum Gasteiger partial charge on any atom is -0.457 e. The van der Waals surface area contributed by atoms with E-state index in [9.17, 15) is 4.79 Å². The number of carbonyl (C=O) groups excluding carboxylic acids is 1. The second-order valence-electron chi connectivity index (χ2n) is 11.3. The highest BCUT2D eigenvalue weighted by Gasteiger charge is 2.30. The van der Waals surface area contributed by atoms with Crippen LogP contribution in [0.25, 0.3) is 22.3 Å². The Hall–Kier alpha value is -3.98. The van der Waals surface area contributed by atoms with Gasteiger partial charge >= 0.3 is 0 Å². The van der Waals surface area contributed by atoms with Gasteiger partial charge in [0.25, 0.3) is 0 Å². The monoisotopic (exact) mass is 541 g/mol. The summed E-state index contributed by atoms with van der Waals surface area (Å²) in [5.74, 6) is 2.52. The molecule has 210 valence electrons. The second kappa shape index (κ2) is 12.0. The fourth-order valence-electron chi connectivity index (χ4n) is 5.52. The molecule has 1 saturated carbocycles. The lowest BCUT2D eigenvalue weighted by atomic mass is 9.90. The summed E-state index contributed by atoms with van der Waals surface area (Å²) in [6, 6.07) is 17.8. The Balaban J connectivity index is 1.32. The normalized spacial score (nSPS) is 18.2. The number of amides is 1. The zero-order valence-electron chi connectivity index (χ0n) is 23.7. The van der Waals surface area contributed by atoms with Crippen LogP contribution in [0.3, 0.4) is 0 Å². The number of nitrogens with one attached hydrogen (secondary N) is 1. The van der Waals surface area contributed by atoms with E-state index < -0.39 is 0 Å². The number of aromatic nitrogens is 4. The molecule has 2 heterocycles. The van der Waals surface area contributed by atoms with Crippen LogP contribution in [0.15, 0.2) is 60.9 Å². The van der Waals surface area contributed by atoms with Crippen molar-refractivity contribution in [3.05, 3.63) is 60.9 Å². The van der Waals surface area contributed by atoms with Crippen molar-refractivity contribution in [3.8, 4) is 22.8 Å². The van der Waals surface area contributed by atoms with Crippen molar-refractivity contribution in [3.63, 3.8) is 0 Å². The number of benzene rings is 2. The SMILES string of the molecule is CC(C)C[C@H](C(=O)N[C@H]1CC[C@@H](n2nc(-c3ccc(Oc4ccccc4)cc3)c3c(N)ncnc32)CC1)N(C)C. The van der Waals surface area contributed by atoms with E-state index in [0.29, 0.717) is 11.7 Å². The molecule has 4 aromatic rings. The standard InChI is InChI=1S/C31H39N7O2/c1-20(2)18-26(37(3)4)31(39)35-22-12-14-23(15-13-22)38-30-27(29(32)33-19-34-30)28(36-38)21-10-16-25(17-11-21)40-24-8-6-5-7-9-24/h5-11,16-17,19-20,22-23,26H,12-15,18H2,1-4H3,(H,35,39)(H2,32,33,34)/t22-,23+,26-/m1/s1. The van der Waals surface area contributed by atoms with Crippen LogP contribution in [-0.2, 0) is 4.79 Å². The first-order valence-corrected chi connectivity index (χ1v) is 14.1. The van der Waals surface area contributed by atoms with Crippen LogP contribution in [0.5, 0.6) is 11.5 Å². The van der Waals surface area contributed by atoms with Gasteiger partial charge in [0, 0.05) is 11.6 Å². The molecule has 1 amide bonds. The molecular weight excluding hydrogens is 502 g/mol. The molecule has 0 aliphatic heterocycles. The van der Waals surface area contributed by atoms with Crippen molar-refractivity contribution in [2.24, 2.45) is 5.92 Å². The van der Waals surface area contributed by atoms with E-state index in [1.807, 2.05) is 78.3 Å². The van der Waals surface area contributed by atoms with Gasteiger partial charge in [0.15, 0.2) is 5.65 Å². The highest BCUT2D eigenvalue weighted by atomic mass is 16.5. The summed E-state index contributed by atoms with van der Waals surface area (Å²) >= 11 is 0. The van der Waals surface area contributed by atoms with Crippen molar-refractivity contribution in [1.29, 1.82) is 0 Å². The second-order valence-corrected chi connectivity index (χ2v) is 11.3. The average molecular weight is 542 g/mol. The third-order valence-corrected chi connectivity index (χ3v) is 7.63. The van der Waals surface area contributed by atoms with Crippen LogP contribution in [0.1, 0.15) is 52.0 Å². The van der Waals surface area contributed by atoms with E-state index >= 15 is 0 Å². The summed E-state index contributed by atoms with van der Waals surface area (Å²) in [5, 5.41) is 9.10. The van der Waals surface area contributed by atoms with Crippen molar-refractivity contribution < 1.29 is 9.53 Å². The van der Waals surface area contributed by atoms with Gasteiger partial charge < -0.3 is 15.8 Å². The van der Waals surface area contributed by atoms with E-state index in [1.165, 1.54) is 6.33 Å². The van der Waals surface area contributed by atoms with Gasteiger partial charge in [-0.1, -0.05) is 32.0 Å². The van der Waals surface area contributed by atoms with E-state index in [2.05, 4.69) is 29.1 Å². The maximum Gasteiger partial charge on any atom is 0.237 e. The zero-order chi connectivity index (χ0) is 28.2. The fourth-order valence-corrected chi connectivity index (χ4v) is 5.52. The number of nitrogens with two attached hydrogens (primary N) is 1. The molecule has 0 unspecified atom stereocenters. The third kappa shape index (κ3) is 6.09. The predicted octanol–water partition coefficient (Wildman–Crippen LogP) is 5.44. The van der Waals surface area contributed by atoms with Crippen LogP contribution >= 0.6 is 0 Å². The van der Waals surface area contributed by atoms with Gasteiger partial charge in [-0.05, 0) is 88.5 Å². The molecule has 1 fully saturated rings. The minimum absolute atomic E-state index is 0.112. The van der Waals surface area contributed by atoms with Crippen LogP contribution < -0.4 is 15.8 Å². The van der Waals surface area contributed by atoms with Gasteiger partial charge in [-0.25, -0.2) is 14.6 Å². The summed E-state index contributed by atoms with van der Waals surface area (Å²) in [7, 11) is 3.95. The Labute approximate surface area is 235 Å². The van der Waals surface area contributed by atoms with Crippen molar-refractivity contribution in [2.45, 2.75) is 64.1 Å². The van der Waals surface area contributed by atoms with Gasteiger partial charge in [-0.15, -0.1) is 0 Å². The number of carbonyl (C=O) groups is 1. The number of likely N-dealkylation sites (N-methyl/N-ethyl adjacent to an activating group) is 1. The number of fused-ring (bicyclic) bond motifs is 1. The number of rotatable bonds is 9. The largest absolute Gasteiger partial charge is 0.457 e. The number of anilines is 1. The number of hydrogen-bond acceptors (Lipinski definition) is 7. The van der Waals surface area contributed by atoms with Gasteiger partial charge in [0.05, 0.1) is 17.5 Å². The highest BCUT2D eigenvalue weighted by Crippen LogP contribution is 2.36. The molecule has 1 atom stereocenters. The Bertz CT molecular complexity index is 1430. The number of para-hydroxylation sites is 1. The average Bonchev–Trinajstić information content (AvgIpc) is 3.34. The summed E-state index contributed by atoms with van der Waals surface area (Å²) in [6.45, 7) is 4.31. The van der Waals surface area contributed by atoms with Crippen LogP contribution in [-0.4, -0.2) is 56.7 Å². The molecule has 0 spiro atoms. The van der Waals surface area contributed by atoms with Gasteiger partial charge in [0.1, 0.15) is 29.3 Å². The fraction of sp³-hybridized carbons (Fsp3) is 0.419. The lowest BCUT2D eigenvalue weighted by Gasteiger charge is -2.32. The molecule has 40 heavy (non-hydrogen) atoms. The number of nitrogen functional groups attached to an aromatic ring is 1. The third-order valence-electron chi connectivity index (χ3n) is 7.63. The zero-order valence-corrected chi connectivity index (χ0v) is 23.7. The van der Waals surface area contributed by atoms with Gasteiger partial charge in [0.2, 0.25) is 5.91 Å². The molecule has 9 heteroatoms. The summed E-state index contributed by atoms with van der Waals surface area (Å²) in [5.41, 5.74) is 8.78. The van der Waals surface area contributed by atoms with E-state index in [4.69, 9.17) is 15.6 Å². The molecule has 0 bridgehead atoms. The summed E-state index contributed by atoms with van der Waals surface area (Å²) < 4.78 is 7.97. The van der Waals surface area contributed by atoms with Gasteiger partial charge in [-0.2, -0.15) is 5.10 Å². The maximum atomic E-state index is 13.0. The van der Waals surface area contributed by atoms with Crippen LogP contribution in [0.4, 0.5) is 5.82 Å². The lowest BCUT2D eigenvalue weighted by molar-refractivity contribution is -0.127. The topological polar surface area (TPSA) is 111 Å². The molecule has 2 aromatic heterocycles. The van der Waals surface area contributed by atoms with Gasteiger partial charge in [-0.3, -0.25) is 9.69 Å². The van der Waals surface area contributed by atoms with E-state index in [-0.39, 0.29) is 24.0 Å². The molecule has 2 aromatic carbocycles. The smallest absolute Gasteiger partial charge is 0.237 e. The molecule has 9 nitrogen and oxygen atoms in total. The van der Waals surface area contributed by atoms with Crippen molar-refractivity contribution in [1.82, 2.24) is 30.0 Å². The molecule has 5 rings (SSSR count). The summed E-state index contributed by atoms with van der Waals surface area (Å²) in [4.78, 5) is 23.9. The molecule has 3 N–H and O–H groups in total. The Kier molecular flexibility index (Phi) is 8.30. The number of ether oxygens (including phenoxy) is 1. The minimum atomic E-state index is -0.112. The molecule has 0 radical (unpaired) electrons. The first kappa shape index (κ1) is 27.6. The number of nitrogens with zero attached hydrogens (tertiary/aromatic N) is 5. The molecule has 1 aliphatic rings. The molecule has 1 aliphatic carbocycles. The first-order chi connectivity index (χ1) is 19.3. The van der Waals surface area contributed by atoms with E-state index in [0.717, 1.165) is 65.9 Å². The Morgan fingerprint density at radius 2 is 1.70 bits per heavy atom. The predicted molar refractivity (Wildman–Crippen MR) is 158 cm³/mol. The quantitative estimate of drug-likeness (QED) is 0.290.